The Morgan fingerprint density at radius 3 is 1.91 bits per heavy atom. The first-order chi connectivity index (χ1) is 16.1. The molecule has 2 rings (SSSR count). The van der Waals surface area contributed by atoms with Gasteiger partial charge in [0.2, 0.25) is 0 Å². The molecule has 0 radical (unpaired) electrons. The van der Waals surface area contributed by atoms with Crippen LogP contribution in [0.15, 0.2) is 36.7 Å². The summed E-state index contributed by atoms with van der Waals surface area (Å²) < 4.78 is 32.4. The fourth-order valence-electron chi connectivity index (χ4n) is 3.85. The number of aryl methyl sites for hydroxylation is 1. The summed E-state index contributed by atoms with van der Waals surface area (Å²) in [6.07, 6.45) is 16.0. The fourth-order valence-corrected chi connectivity index (χ4v) is 3.85. The molecule has 2 atom stereocenters. The lowest BCUT2D eigenvalue weighted by atomic mass is 10.0. The van der Waals surface area contributed by atoms with Gasteiger partial charge in [-0.05, 0) is 49.1 Å². The average Bonchev–Trinajstić information content (AvgIpc) is 2.84. The van der Waals surface area contributed by atoms with Crippen molar-refractivity contribution in [1.82, 2.24) is 9.97 Å². The predicted molar refractivity (Wildman–Crippen MR) is 133 cm³/mol. The van der Waals surface area contributed by atoms with E-state index in [2.05, 4.69) is 16.9 Å². The van der Waals surface area contributed by atoms with Crippen LogP contribution in [0.4, 0.5) is 8.78 Å². The SMILES string of the molecule is CCCCCCCCCCCCc1cnc(-c2ccc(OCC(F)CC(F)CC)cc2)nc1. The van der Waals surface area contributed by atoms with Gasteiger partial charge in [0, 0.05) is 24.4 Å². The van der Waals surface area contributed by atoms with E-state index in [-0.39, 0.29) is 13.0 Å². The van der Waals surface area contributed by atoms with E-state index in [9.17, 15) is 8.78 Å². The molecule has 0 N–H and O–H groups in total. The normalized spacial score (nSPS) is 13.1. The number of hydrogen-bond donors (Lipinski definition) is 0. The van der Waals surface area contributed by atoms with Crippen LogP contribution < -0.4 is 4.74 Å². The molecule has 0 amide bonds. The second-order valence-electron chi connectivity index (χ2n) is 9.02. The number of nitrogens with zero attached hydrogens (tertiary/aromatic N) is 2. The molecule has 33 heavy (non-hydrogen) atoms. The van der Waals surface area contributed by atoms with Crippen molar-refractivity contribution in [3.63, 3.8) is 0 Å². The standard InChI is InChI=1S/C28H42F2N2O/c1-3-5-6-7-8-9-10-11-12-13-14-23-20-31-28(32-21-23)24-15-17-27(18-16-24)33-22-26(30)19-25(29)4-2/h15-18,20-21,25-26H,3-14,19,22H2,1-2H3. The summed E-state index contributed by atoms with van der Waals surface area (Å²) in [5.74, 6) is 1.23. The number of rotatable bonds is 18. The zero-order valence-corrected chi connectivity index (χ0v) is 20.6. The quantitative estimate of drug-likeness (QED) is 0.209. The van der Waals surface area contributed by atoms with Gasteiger partial charge in [-0.2, -0.15) is 0 Å². The smallest absolute Gasteiger partial charge is 0.159 e. The molecule has 0 fully saturated rings. The highest BCUT2D eigenvalue weighted by Crippen LogP contribution is 2.21. The van der Waals surface area contributed by atoms with Gasteiger partial charge in [-0.25, -0.2) is 18.7 Å². The van der Waals surface area contributed by atoms with E-state index >= 15 is 0 Å². The topological polar surface area (TPSA) is 35.0 Å². The number of benzene rings is 1. The van der Waals surface area contributed by atoms with Gasteiger partial charge in [-0.1, -0.05) is 71.6 Å². The molecule has 3 nitrogen and oxygen atoms in total. The Balaban J connectivity index is 1.64. The molecule has 2 unspecified atom stereocenters. The van der Waals surface area contributed by atoms with Gasteiger partial charge in [-0.3, -0.25) is 0 Å². The van der Waals surface area contributed by atoms with Crippen LogP contribution in [0.5, 0.6) is 5.75 Å². The number of ether oxygens (including phenoxy) is 1. The second-order valence-corrected chi connectivity index (χ2v) is 9.02. The molecule has 1 aromatic carbocycles. The summed E-state index contributed by atoms with van der Waals surface area (Å²) in [5.41, 5.74) is 2.06. The highest BCUT2D eigenvalue weighted by atomic mass is 19.1. The lowest BCUT2D eigenvalue weighted by Gasteiger charge is -2.12. The number of hydrogen-bond acceptors (Lipinski definition) is 3. The number of alkyl halides is 2. The molecule has 0 spiro atoms. The first-order valence-corrected chi connectivity index (χ1v) is 12.9. The Kier molecular flexibility index (Phi) is 13.6. The summed E-state index contributed by atoms with van der Waals surface area (Å²) in [4.78, 5) is 9.01. The third kappa shape index (κ3) is 11.6. The summed E-state index contributed by atoms with van der Waals surface area (Å²) in [6.45, 7) is 3.84. The van der Waals surface area contributed by atoms with Crippen LogP contribution in [0.3, 0.4) is 0 Å². The molecule has 0 saturated carbocycles. The maximum absolute atomic E-state index is 13.7. The second kappa shape index (κ2) is 16.6. The van der Waals surface area contributed by atoms with Gasteiger partial charge in [0.1, 0.15) is 24.7 Å². The molecule has 5 heteroatoms. The molecule has 1 heterocycles. The Morgan fingerprint density at radius 1 is 0.758 bits per heavy atom. The molecule has 0 bridgehead atoms. The molecular formula is C28H42F2N2O. The molecule has 1 aromatic heterocycles. The van der Waals surface area contributed by atoms with Crippen molar-refractivity contribution in [2.75, 3.05) is 6.61 Å². The fraction of sp³-hybridized carbons (Fsp3) is 0.643. The molecular weight excluding hydrogens is 418 g/mol. The Morgan fingerprint density at radius 2 is 1.33 bits per heavy atom. The minimum absolute atomic E-state index is 0.117. The predicted octanol–water partition coefficient (Wildman–Crippen LogP) is 8.46. The lowest BCUT2D eigenvalue weighted by molar-refractivity contribution is 0.149. The Hall–Kier alpha value is -2.04. The van der Waals surface area contributed by atoms with Crippen molar-refractivity contribution >= 4 is 0 Å². The van der Waals surface area contributed by atoms with Crippen LogP contribution in [-0.4, -0.2) is 28.9 Å². The first-order valence-electron chi connectivity index (χ1n) is 12.9. The van der Waals surface area contributed by atoms with Crippen LogP contribution in [-0.2, 0) is 6.42 Å². The summed E-state index contributed by atoms with van der Waals surface area (Å²) >= 11 is 0. The Labute approximate surface area is 199 Å². The van der Waals surface area contributed by atoms with Crippen molar-refractivity contribution < 1.29 is 13.5 Å². The van der Waals surface area contributed by atoms with Crippen molar-refractivity contribution in [1.29, 1.82) is 0 Å². The van der Waals surface area contributed by atoms with Crippen LogP contribution in [0, 0.1) is 0 Å². The zero-order chi connectivity index (χ0) is 23.7. The highest BCUT2D eigenvalue weighted by Gasteiger charge is 2.14. The van der Waals surface area contributed by atoms with Gasteiger partial charge in [0.05, 0.1) is 0 Å². The van der Waals surface area contributed by atoms with Crippen molar-refractivity contribution in [3.05, 3.63) is 42.2 Å². The van der Waals surface area contributed by atoms with E-state index < -0.39 is 12.3 Å². The van der Waals surface area contributed by atoms with Gasteiger partial charge in [-0.15, -0.1) is 0 Å². The van der Waals surface area contributed by atoms with Gasteiger partial charge in [0.15, 0.2) is 5.82 Å². The summed E-state index contributed by atoms with van der Waals surface area (Å²) in [6, 6.07) is 7.28. The molecule has 184 valence electrons. The van der Waals surface area contributed by atoms with Crippen molar-refractivity contribution in [2.24, 2.45) is 0 Å². The van der Waals surface area contributed by atoms with E-state index in [1.807, 2.05) is 24.5 Å². The van der Waals surface area contributed by atoms with Crippen LogP contribution in [0.2, 0.25) is 0 Å². The van der Waals surface area contributed by atoms with E-state index in [1.54, 1.807) is 19.1 Å². The lowest BCUT2D eigenvalue weighted by Crippen LogP contribution is -2.17. The summed E-state index contributed by atoms with van der Waals surface area (Å²) in [5, 5.41) is 0. The molecule has 0 saturated heterocycles. The Bertz CT molecular complexity index is 737. The molecule has 2 aromatic rings. The average molecular weight is 461 g/mol. The molecule has 0 aliphatic rings. The maximum atomic E-state index is 13.7. The van der Waals surface area contributed by atoms with Gasteiger partial charge < -0.3 is 4.74 Å². The van der Waals surface area contributed by atoms with Crippen LogP contribution in [0.1, 0.15) is 96.5 Å². The molecule has 0 aliphatic heterocycles. The van der Waals surface area contributed by atoms with Crippen molar-refractivity contribution in [3.8, 4) is 17.1 Å². The largest absolute Gasteiger partial charge is 0.491 e. The van der Waals surface area contributed by atoms with Crippen molar-refractivity contribution in [2.45, 2.75) is 110 Å². The van der Waals surface area contributed by atoms with Crippen LogP contribution in [0.25, 0.3) is 11.4 Å². The minimum Gasteiger partial charge on any atom is -0.491 e. The maximum Gasteiger partial charge on any atom is 0.159 e. The first kappa shape index (κ1) is 27.2. The number of unbranched alkanes of at least 4 members (excludes halogenated alkanes) is 9. The van der Waals surface area contributed by atoms with Gasteiger partial charge >= 0.3 is 0 Å². The van der Waals surface area contributed by atoms with E-state index in [0.717, 1.165) is 12.0 Å². The van der Waals surface area contributed by atoms with E-state index in [0.29, 0.717) is 18.0 Å². The number of halogens is 2. The van der Waals surface area contributed by atoms with Crippen LogP contribution >= 0.6 is 0 Å². The monoisotopic (exact) mass is 460 g/mol. The third-order valence-corrected chi connectivity index (χ3v) is 6.02. The highest BCUT2D eigenvalue weighted by molar-refractivity contribution is 5.55. The number of aromatic nitrogens is 2. The van der Waals surface area contributed by atoms with E-state index in [4.69, 9.17) is 4.74 Å². The molecule has 0 aliphatic carbocycles. The van der Waals surface area contributed by atoms with E-state index in [1.165, 1.54) is 69.8 Å². The van der Waals surface area contributed by atoms with Gasteiger partial charge in [0.25, 0.3) is 0 Å². The summed E-state index contributed by atoms with van der Waals surface area (Å²) in [7, 11) is 0. The zero-order valence-electron chi connectivity index (χ0n) is 20.6. The third-order valence-electron chi connectivity index (χ3n) is 6.02. The minimum atomic E-state index is -1.30.